The van der Waals surface area contributed by atoms with Crippen LogP contribution < -0.4 is 0 Å². The van der Waals surface area contributed by atoms with Gasteiger partial charge in [-0.25, -0.2) is 0 Å². The van der Waals surface area contributed by atoms with Crippen molar-refractivity contribution in [3.8, 4) is 0 Å². The molecule has 0 unspecified atom stereocenters. The maximum atomic E-state index is 6.62. The molecule has 0 aliphatic carbocycles. The van der Waals surface area contributed by atoms with Crippen molar-refractivity contribution >= 4 is 0 Å². The maximum absolute atomic E-state index is 6.62. The zero-order valence-corrected chi connectivity index (χ0v) is 21.5. The molecule has 0 N–H and O–H groups in total. The third kappa shape index (κ3) is 8.60. The topological polar surface area (TPSA) is 9.23 Å². The lowest BCUT2D eigenvalue weighted by atomic mass is 9.73. The van der Waals surface area contributed by atoms with Gasteiger partial charge in [0.2, 0.25) is 0 Å². The van der Waals surface area contributed by atoms with Crippen molar-refractivity contribution in [2.75, 3.05) is 13.2 Å². The first-order valence-electron chi connectivity index (χ1n) is 13.0. The van der Waals surface area contributed by atoms with Crippen molar-refractivity contribution in [1.82, 2.24) is 0 Å². The molecule has 0 aromatic heterocycles. The summed E-state index contributed by atoms with van der Waals surface area (Å²) in [6.07, 6.45) is 19.6. The van der Waals surface area contributed by atoms with Gasteiger partial charge in [0.1, 0.15) is 0 Å². The van der Waals surface area contributed by atoms with E-state index in [4.69, 9.17) is 4.74 Å². The van der Waals surface area contributed by atoms with Crippen molar-refractivity contribution in [1.29, 1.82) is 0 Å². The summed E-state index contributed by atoms with van der Waals surface area (Å²) in [6.45, 7) is 20.4. The lowest BCUT2D eigenvalue weighted by molar-refractivity contribution is 0.00788. The number of hydrogen-bond donors (Lipinski definition) is 0. The van der Waals surface area contributed by atoms with Crippen LogP contribution in [-0.2, 0) is 4.74 Å². The van der Waals surface area contributed by atoms with Gasteiger partial charge in [-0.05, 0) is 51.4 Å². The second-order valence-corrected chi connectivity index (χ2v) is 8.92. The highest BCUT2D eigenvalue weighted by Gasteiger charge is 2.34. The van der Waals surface area contributed by atoms with E-state index in [0.717, 1.165) is 26.1 Å². The lowest BCUT2D eigenvalue weighted by Crippen LogP contribution is -2.33. The number of hydrogen-bond acceptors (Lipinski definition) is 1. The Bertz CT molecular complexity index is 407. The molecule has 0 saturated heterocycles. The molecule has 0 atom stereocenters. The first-order chi connectivity index (χ1) is 14.0. The Kier molecular flexibility index (Phi) is 15.9. The summed E-state index contributed by atoms with van der Waals surface area (Å²) < 4.78 is 6.62. The van der Waals surface area contributed by atoms with Crippen LogP contribution in [0.4, 0.5) is 0 Å². The number of ether oxygens (including phenoxy) is 1. The van der Waals surface area contributed by atoms with Gasteiger partial charge in [0.25, 0.3) is 0 Å². The monoisotopic (exact) mass is 406 g/mol. The highest BCUT2D eigenvalue weighted by atomic mass is 16.5. The molecule has 0 aromatic carbocycles. The molecule has 1 nitrogen and oxygen atoms in total. The summed E-state index contributed by atoms with van der Waals surface area (Å²) in [5.41, 5.74) is 3.69. The summed E-state index contributed by atoms with van der Waals surface area (Å²) in [5, 5.41) is 0. The standard InChI is InChI=1S/C28H54O/c1-9-17-19-21-25(11-3)27(13-5,14-6)23-29-24-28(15-7,16-8)26(12-4)22-20-18-10-2/h21-22H,9-20,23-24H2,1-8H3/b25-21+,26-22+. The van der Waals surface area contributed by atoms with Gasteiger partial charge in [-0.1, -0.05) is 104 Å². The van der Waals surface area contributed by atoms with Crippen molar-refractivity contribution in [2.24, 2.45) is 10.8 Å². The molecular formula is C28H54O. The van der Waals surface area contributed by atoms with Crippen LogP contribution in [0, 0.1) is 10.8 Å². The van der Waals surface area contributed by atoms with Gasteiger partial charge >= 0.3 is 0 Å². The predicted octanol–water partition coefficient (Wildman–Crippen LogP) is 9.67. The van der Waals surface area contributed by atoms with Crippen LogP contribution in [0.5, 0.6) is 0 Å². The second-order valence-electron chi connectivity index (χ2n) is 8.92. The Balaban J connectivity index is 5.41. The van der Waals surface area contributed by atoms with E-state index < -0.39 is 0 Å². The molecule has 0 radical (unpaired) electrons. The third-order valence-electron chi connectivity index (χ3n) is 7.48. The van der Waals surface area contributed by atoms with Gasteiger partial charge in [-0.3, -0.25) is 0 Å². The Morgan fingerprint density at radius 3 is 1.17 bits per heavy atom. The Labute approximate surface area is 184 Å². The first-order valence-corrected chi connectivity index (χ1v) is 13.0. The molecular weight excluding hydrogens is 352 g/mol. The summed E-state index contributed by atoms with van der Waals surface area (Å²) >= 11 is 0. The van der Waals surface area contributed by atoms with E-state index in [-0.39, 0.29) is 10.8 Å². The predicted molar refractivity (Wildman–Crippen MR) is 133 cm³/mol. The van der Waals surface area contributed by atoms with Crippen LogP contribution >= 0.6 is 0 Å². The van der Waals surface area contributed by atoms with Gasteiger partial charge < -0.3 is 4.74 Å². The minimum Gasteiger partial charge on any atom is -0.380 e. The quantitative estimate of drug-likeness (QED) is 0.162. The smallest absolute Gasteiger partial charge is 0.0559 e. The first kappa shape index (κ1) is 28.4. The molecule has 0 rings (SSSR count). The highest BCUT2D eigenvalue weighted by Crippen LogP contribution is 2.41. The van der Waals surface area contributed by atoms with Crippen LogP contribution in [0.15, 0.2) is 23.3 Å². The largest absolute Gasteiger partial charge is 0.380 e. The maximum Gasteiger partial charge on any atom is 0.0559 e. The molecule has 172 valence electrons. The molecule has 0 aromatic rings. The van der Waals surface area contributed by atoms with Crippen LogP contribution in [-0.4, -0.2) is 13.2 Å². The lowest BCUT2D eigenvalue weighted by Gasteiger charge is -2.38. The van der Waals surface area contributed by atoms with Crippen molar-refractivity contribution in [3.05, 3.63) is 23.3 Å². The number of rotatable bonds is 18. The van der Waals surface area contributed by atoms with E-state index in [9.17, 15) is 0 Å². The Morgan fingerprint density at radius 1 is 0.586 bits per heavy atom. The highest BCUT2D eigenvalue weighted by molar-refractivity contribution is 5.16. The summed E-state index contributed by atoms with van der Waals surface area (Å²) in [6, 6.07) is 0. The van der Waals surface area contributed by atoms with Crippen LogP contribution in [0.25, 0.3) is 0 Å². The number of allylic oxidation sites excluding steroid dienone is 2. The van der Waals surface area contributed by atoms with E-state index in [0.29, 0.717) is 0 Å². The van der Waals surface area contributed by atoms with Crippen LogP contribution in [0.3, 0.4) is 0 Å². The Hall–Kier alpha value is -0.560. The molecule has 0 spiro atoms. The van der Waals surface area contributed by atoms with E-state index in [2.05, 4.69) is 67.5 Å². The summed E-state index contributed by atoms with van der Waals surface area (Å²) in [7, 11) is 0. The van der Waals surface area contributed by atoms with Gasteiger partial charge in [-0.2, -0.15) is 0 Å². The summed E-state index contributed by atoms with van der Waals surface area (Å²) in [5.74, 6) is 0. The van der Waals surface area contributed by atoms with E-state index in [1.807, 2.05) is 0 Å². The average Bonchev–Trinajstić information content (AvgIpc) is 2.76. The zero-order chi connectivity index (χ0) is 22.2. The van der Waals surface area contributed by atoms with E-state index in [1.54, 1.807) is 11.1 Å². The molecule has 0 bridgehead atoms. The third-order valence-corrected chi connectivity index (χ3v) is 7.48. The molecule has 1 heteroatoms. The van der Waals surface area contributed by atoms with Crippen molar-refractivity contribution < 1.29 is 4.74 Å². The average molecular weight is 407 g/mol. The fourth-order valence-corrected chi connectivity index (χ4v) is 4.88. The van der Waals surface area contributed by atoms with E-state index >= 15 is 0 Å². The van der Waals surface area contributed by atoms with Crippen LogP contribution in [0.1, 0.15) is 132 Å². The molecule has 0 aliphatic rings. The molecule has 0 fully saturated rings. The molecule has 29 heavy (non-hydrogen) atoms. The minimum atomic E-state index is 0.216. The summed E-state index contributed by atoms with van der Waals surface area (Å²) in [4.78, 5) is 0. The Morgan fingerprint density at radius 2 is 0.931 bits per heavy atom. The van der Waals surface area contributed by atoms with Crippen molar-refractivity contribution in [3.63, 3.8) is 0 Å². The van der Waals surface area contributed by atoms with E-state index in [1.165, 1.54) is 64.2 Å². The molecule has 0 amide bonds. The fraction of sp³-hybridized carbons (Fsp3) is 0.857. The van der Waals surface area contributed by atoms with Gasteiger partial charge in [0.15, 0.2) is 0 Å². The second kappa shape index (κ2) is 16.2. The van der Waals surface area contributed by atoms with Crippen LogP contribution in [0.2, 0.25) is 0 Å². The van der Waals surface area contributed by atoms with Gasteiger partial charge in [-0.15, -0.1) is 0 Å². The fourth-order valence-electron chi connectivity index (χ4n) is 4.88. The SMILES string of the molecule is CCCC/C=C(\CC)C(CC)(CC)COCC(CC)(CC)/C(=C/CCCC)CC. The molecule has 0 heterocycles. The molecule has 0 saturated carbocycles. The zero-order valence-electron chi connectivity index (χ0n) is 21.5. The minimum absolute atomic E-state index is 0.216. The molecule has 0 aliphatic heterocycles. The van der Waals surface area contributed by atoms with Gasteiger partial charge in [0.05, 0.1) is 13.2 Å². The van der Waals surface area contributed by atoms with Gasteiger partial charge in [0, 0.05) is 10.8 Å². The number of unbranched alkanes of at least 4 members (excludes halogenated alkanes) is 4. The van der Waals surface area contributed by atoms with Crippen molar-refractivity contribution in [2.45, 2.75) is 132 Å². The normalized spacial score (nSPS) is 13.9.